The molecule has 0 aliphatic carbocycles. The Morgan fingerprint density at radius 2 is 1.87 bits per heavy atom. The van der Waals surface area contributed by atoms with Crippen LogP contribution in [0.15, 0.2) is 12.7 Å². The lowest BCUT2D eigenvalue weighted by Gasteiger charge is -2.40. The van der Waals surface area contributed by atoms with Gasteiger partial charge in [-0.05, 0) is 0 Å². The predicted molar refractivity (Wildman–Crippen MR) is 52.0 cm³/mol. The van der Waals surface area contributed by atoms with Gasteiger partial charge in [0, 0.05) is 6.54 Å². The number of aliphatic hydroxyl groups is 4. The number of nitrogens with one attached hydrogen (secondary N) is 1. The molecule has 1 saturated heterocycles. The minimum atomic E-state index is -1.33. The first-order valence-corrected chi connectivity index (χ1v) is 4.76. The average molecular weight is 219 g/mol. The maximum Gasteiger partial charge on any atom is 0.137 e. The van der Waals surface area contributed by atoms with Gasteiger partial charge in [0.2, 0.25) is 0 Å². The normalized spacial score (nSPS) is 41.5. The fourth-order valence-electron chi connectivity index (χ4n) is 1.47. The Labute approximate surface area is 87.8 Å². The zero-order valence-electron chi connectivity index (χ0n) is 8.28. The average Bonchev–Trinajstić information content (AvgIpc) is 2.25. The predicted octanol–water partition coefficient (Wildman–Crippen LogP) is -2.44. The van der Waals surface area contributed by atoms with E-state index >= 15 is 0 Å². The molecule has 0 amide bonds. The Hall–Kier alpha value is -0.500. The van der Waals surface area contributed by atoms with Crippen molar-refractivity contribution in [3.05, 3.63) is 12.7 Å². The smallest absolute Gasteiger partial charge is 0.137 e. The van der Waals surface area contributed by atoms with E-state index in [0.29, 0.717) is 6.54 Å². The molecule has 5 N–H and O–H groups in total. The number of rotatable bonds is 4. The highest BCUT2D eigenvalue weighted by molar-refractivity contribution is 4.91. The molecule has 0 aromatic carbocycles. The van der Waals surface area contributed by atoms with Crippen LogP contribution in [0.2, 0.25) is 0 Å². The number of hydrogen-bond acceptors (Lipinski definition) is 6. The van der Waals surface area contributed by atoms with Crippen molar-refractivity contribution in [2.24, 2.45) is 0 Å². The second-order valence-electron chi connectivity index (χ2n) is 3.45. The van der Waals surface area contributed by atoms with Crippen LogP contribution in [0.4, 0.5) is 0 Å². The third kappa shape index (κ3) is 2.75. The molecule has 1 heterocycles. The van der Waals surface area contributed by atoms with E-state index in [-0.39, 0.29) is 0 Å². The molecular formula is C9H17NO5. The summed E-state index contributed by atoms with van der Waals surface area (Å²) in [4.78, 5) is 0. The number of aliphatic hydroxyl groups excluding tert-OH is 4. The first-order valence-electron chi connectivity index (χ1n) is 4.76. The first-order chi connectivity index (χ1) is 7.11. The van der Waals surface area contributed by atoms with Gasteiger partial charge in [-0.25, -0.2) is 0 Å². The molecule has 0 aromatic rings. The summed E-state index contributed by atoms with van der Waals surface area (Å²) in [6, 6.07) is 0. The van der Waals surface area contributed by atoms with Crippen LogP contribution < -0.4 is 5.32 Å². The monoisotopic (exact) mass is 219 g/mol. The zero-order chi connectivity index (χ0) is 11.4. The van der Waals surface area contributed by atoms with Crippen LogP contribution in [0.5, 0.6) is 0 Å². The lowest BCUT2D eigenvalue weighted by Crippen LogP contribution is -2.62. The molecule has 6 nitrogen and oxygen atoms in total. The molecule has 88 valence electrons. The highest BCUT2D eigenvalue weighted by Gasteiger charge is 2.42. The molecule has 1 rings (SSSR count). The SMILES string of the molecule is C=CCNC1OC(CO)C(O)C(O)C1O. The summed E-state index contributed by atoms with van der Waals surface area (Å²) in [6.07, 6.45) is -4.00. The molecule has 0 spiro atoms. The van der Waals surface area contributed by atoms with Crippen LogP contribution in [0.25, 0.3) is 0 Å². The Balaban J connectivity index is 2.60. The van der Waals surface area contributed by atoms with E-state index < -0.39 is 37.3 Å². The van der Waals surface area contributed by atoms with Crippen molar-refractivity contribution in [2.75, 3.05) is 13.2 Å². The topological polar surface area (TPSA) is 102 Å². The van der Waals surface area contributed by atoms with E-state index in [1.807, 2.05) is 0 Å². The van der Waals surface area contributed by atoms with Gasteiger partial charge in [-0.2, -0.15) is 0 Å². The van der Waals surface area contributed by atoms with Crippen LogP contribution >= 0.6 is 0 Å². The molecule has 5 unspecified atom stereocenters. The van der Waals surface area contributed by atoms with Gasteiger partial charge in [-0.1, -0.05) is 6.08 Å². The van der Waals surface area contributed by atoms with Crippen LogP contribution in [0.3, 0.4) is 0 Å². The van der Waals surface area contributed by atoms with Crippen molar-refractivity contribution in [1.29, 1.82) is 0 Å². The maximum absolute atomic E-state index is 9.53. The third-order valence-electron chi connectivity index (χ3n) is 2.36. The highest BCUT2D eigenvalue weighted by Crippen LogP contribution is 2.19. The van der Waals surface area contributed by atoms with Crippen LogP contribution in [-0.4, -0.2) is 64.2 Å². The quantitative estimate of drug-likeness (QED) is 0.337. The molecule has 0 bridgehead atoms. The lowest BCUT2D eigenvalue weighted by molar-refractivity contribution is -0.235. The summed E-state index contributed by atoms with van der Waals surface area (Å²) in [7, 11) is 0. The summed E-state index contributed by atoms with van der Waals surface area (Å²) < 4.78 is 5.16. The van der Waals surface area contributed by atoms with Crippen molar-refractivity contribution < 1.29 is 25.2 Å². The van der Waals surface area contributed by atoms with E-state index in [9.17, 15) is 15.3 Å². The van der Waals surface area contributed by atoms with Crippen LogP contribution in [0.1, 0.15) is 0 Å². The van der Waals surface area contributed by atoms with Crippen molar-refractivity contribution in [3.63, 3.8) is 0 Å². The van der Waals surface area contributed by atoms with Gasteiger partial charge in [0.15, 0.2) is 0 Å². The van der Waals surface area contributed by atoms with Crippen molar-refractivity contribution in [1.82, 2.24) is 5.32 Å². The standard InChI is InChI=1S/C9H17NO5/c1-2-3-10-9-8(14)7(13)6(12)5(4-11)15-9/h2,5-14H,1,3-4H2. The maximum atomic E-state index is 9.53. The lowest BCUT2D eigenvalue weighted by atomic mass is 9.98. The van der Waals surface area contributed by atoms with E-state index in [1.165, 1.54) is 0 Å². The Bertz CT molecular complexity index is 211. The van der Waals surface area contributed by atoms with Crippen molar-refractivity contribution >= 4 is 0 Å². The van der Waals surface area contributed by atoms with Crippen molar-refractivity contribution in [3.8, 4) is 0 Å². The van der Waals surface area contributed by atoms with Gasteiger partial charge in [0.1, 0.15) is 30.6 Å². The third-order valence-corrected chi connectivity index (χ3v) is 2.36. The minimum Gasteiger partial charge on any atom is -0.394 e. The largest absolute Gasteiger partial charge is 0.394 e. The first kappa shape index (κ1) is 12.6. The summed E-state index contributed by atoms with van der Waals surface area (Å²) in [5, 5.41) is 40.0. The van der Waals surface area contributed by atoms with Crippen LogP contribution in [-0.2, 0) is 4.74 Å². The summed E-state index contributed by atoms with van der Waals surface area (Å²) >= 11 is 0. The molecule has 5 atom stereocenters. The molecule has 0 radical (unpaired) electrons. The van der Waals surface area contributed by atoms with Gasteiger partial charge < -0.3 is 25.2 Å². The molecule has 0 saturated carbocycles. The van der Waals surface area contributed by atoms with E-state index in [0.717, 1.165) is 0 Å². The molecule has 0 aromatic heterocycles. The molecular weight excluding hydrogens is 202 g/mol. The van der Waals surface area contributed by atoms with E-state index in [4.69, 9.17) is 9.84 Å². The van der Waals surface area contributed by atoms with Crippen LogP contribution in [0, 0.1) is 0 Å². The zero-order valence-corrected chi connectivity index (χ0v) is 8.28. The van der Waals surface area contributed by atoms with E-state index in [2.05, 4.69) is 11.9 Å². The molecule has 15 heavy (non-hydrogen) atoms. The molecule has 1 aliphatic heterocycles. The minimum absolute atomic E-state index is 0.392. The second kappa shape index (κ2) is 5.55. The van der Waals surface area contributed by atoms with E-state index in [1.54, 1.807) is 6.08 Å². The molecule has 1 aliphatic rings. The Kier molecular flexibility index (Phi) is 4.65. The summed E-state index contributed by atoms with van der Waals surface area (Å²) in [5.74, 6) is 0. The fraction of sp³-hybridized carbons (Fsp3) is 0.778. The Morgan fingerprint density at radius 3 is 2.40 bits per heavy atom. The number of ether oxygens (including phenoxy) is 1. The highest BCUT2D eigenvalue weighted by atomic mass is 16.6. The van der Waals surface area contributed by atoms with Crippen molar-refractivity contribution in [2.45, 2.75) is 30.6 Å². The molecule has 1 fully saturated rings. The second-order valence-corrected chi connectivity index (χ2v) is 3.45. The molecule has 6 heteroatoms. The summed E-state index contributed by atoms with van der Waals surface area (Å²) in [5.41, 5.74) is 0. The van der Waals surface area contributed by atoms with Gasteiger partial charge >= 0.3 is 0 Å². The summed E-state index contributed by atoms with van der Waals surface area (Å²) in [6.45, 7) is 3.45. The van der Waals surface area contributed by atoms with Gasteiger partial charge in [0.25, 0.3) is 0 Å². The fourth-order valence-corrected chi connectivity index (χ4v) is 1.47. The van der Waals surface area contributed by atoms with Gasteiger partial charge in [0.05, 0.1) is 6.61 Å². The number of hydrogen-bond donors (Lipinski definition) is 5. The van der Waals surface area contributed by atoms with Gasteiger partial charge in [-0.3, -0.25) is 5.32 Å². The Morgan fingerprint density at radius 1 is 1.20 bits per heavy atom. The van der Waals surface area contributed by atoms with Gasteiger partial charge in [-0.15, -0.1) is 6.58 Å².